The molecule has 1 fully saturated rings. The summed E-state index contributed by atoms with van der Waals surface area (Å²) in [6, 6.07) is 6.18. The van der Waals surface area contributed by atoms with Crippen molar-refractivity contribution in [3.8, 4) is 0 Å². The highest BCUT2D eigenvalue weighted by molar-refractivity contribution is 9.10. The molecule has 1 atom stereocenters. The van der Waals surface area contributed by atoms with Crippen molar-refractivity contribution in [1.29, 1.82) is 0 Å². The van der Waals surface area contributed by atoms with Gasteiger partial charge in [0.25, 0.3) is 0 Å². The number of imidazole rings is 1. The number of fused-ring (bicyclic) bond motifs is 1. The van der Waals surface area contributed by atoms with Crippen LogP contribution in [0.4, 0.5) is 0 Å². The summed E-state index contributed by atoms with van der Waals surface area (Å²) in [6.07, 6.45) is 2.19. The van der Waals surface area contributed by atoms with Gasteiger partial charge in [0.05, 0.1) is 17.1 Å². The number of hydrogen-bond donors (Lipinski definition) is 2. The Hall–Kier alpha value is -1.07. The Balaban J connectivity index is 2.14. The first kappa shape index (κ1) is 11.0. The average Bonchev–Trinajstić information content (AvgIpc) is 2.65. The van der Waals surface area contributed by atoms with E-state index in [0.29, 0.717) is 0 Å². The van der Waals surface area contributed by atoms with Crippen LogP contribution in [0.5, 0.6) is 0 Å². The fourth-order valence-corrected chi connectivity index (χ4v) is 2.88. The van der Waals surface area contributed by atoms with Gasteiger partial charge in [-0.05, 0) is 37.6 Å². The van der Waals surface area contributed by atoms with Gasteiger partial charge < -0.3 is 10.3 Å². The average molecular weight is 296 g/mol. The zero-order valence-electron chi connectivity index (χ0n) is 9.37. The van der Waals surface area contributed by atoms with E-state index in [2.05, 4.69) is 26.2 Å². The van der Waals surface area contributed by atoms with Gasteiger partial charge in [0, 0.05) is 11.0 Å². The Morgan fingerprint density at radius 3 is 3.06 bits per heavy atom. The van der Waals surface area contributed by atoms with Crippen LogP contribution in [0.1, 0.15) is 18.9 Å². The standard InChI is InChI=1S/C12H14BrN3O/c13-8-3-4-11-10(6-8)15-12(17)16(11)9-2-1-5-14-7-9/h3-4,6,9,14H,1-2,5,7H2,(H,15,17). The zero-order valence-corrected chi connectivity index (χ0v) is 11.0. The smallest absolute Gasteiger partial charge is 0.315 e. The molecular weight excluding hydrogens is 282 g/mol. The van der Waals surface area contributed by atoms with E-state index in [4.69, 9.17) is 0 Å². The van der Waals surface area contributed by atoms with Crippen LogP contribution in [0.3, 0.4) is 0 Å². The lowest BCUT2D eigenvalue weighted by Crippen LogP contribution is -2.35. The molecule has 17 heavy (non-hydrogen) atoms. The molecule has 1 saturated heterocycles. The topological polar surface area (TPSA) is 49.8 Å². The molecule has 1 aromatic heterocycles. The molecule has 1 aliphatic heterocycles. The van der Waals surface area contributed by atoms with Crippen LogP contribution in [0, 0.1) is 0 Å². The largest absolute Gasteiger partial charge is 0.326 e. The first-order chi connectivity index (χ1) is 8.25. The lowest BCUT2D eigenvalue weighted by atomic mass is 10.1. The molecule has 0 amide bonds. The molecule has 0 spiro atoms. The van der Waals surface area contributed by atoms with Crippen molar-refractivity contribution in [3.63, 3.8) is 0 Å². The third-order valence-electron chi connectivity index (χ3n) is 3.31. The number of nitrogens with one attached hydrogen (secondary N) is 2. The van der Waals surface area contributed by atoms with Crippen molar-refractivity contribution in [2.24, 2.45) is 0 Å². The molecule has 3 rings (SSSR count). The van der Waals surface area contributed by atoms with Gasteiger partial charge in [-0.2, -0.15) is 0 Å². The second-order valence-electron chi connectivity index (χ2n) is 4.46. The molecular formula is C12H14BrN3O. The van der Waals surface area contributed by atoms with Gasteiger partial charge in [0.1, 0.15) is 0 Å². The third-order valence-corrected chi connectivity index (χ3v) is 3.81. The Morgan fingerprint density at radius 1 is 1.41 bits per heavy atom. The molecule has 2 heterocycles. The molecule has 4 nitrogen and oxygen atoms in total. The van der Waals surface area contributed by atoms with Crippen molar-refractivity contribution in [1.82, 2.24) is 14.9 Å². The highest BCUT2D eigenvalue weighted by Crippen LogP contribution is 2.22. The number of aromatic amines is 1. The number of halogens is 1. The molecule has 0 aliphatic carbocycles. The lowest BCUT2D eigenvalue weighted by Gasteiger charge is -2.23. The Morgan fingerprint density at radius 2 is 2.29 bits per heavy atom. The van der Waals surface area contributed by atoms with Gasteiger partial charge in [-0.3, -0.25) is 4.57 Å². The number of H-pyrrole nitrogens is 1. The maximum Gasteiger partial charge on any atom is 0.326 e. The summed E-state index contributed by atoms with van der Waals surface area (Å²) in [5, 5.41) is 3.34. The number of nitrogens with zero attached hydrogens (tertiary/aromatic N) is 1. The van der Waals surface area contributed by atoms with E-state index < -0.39 is 0 Å². The van der Waals surface area contributed by atoms with Gasteiger partial charge in [-0.15, -0.1) is 0 Å². The van der Waals surface area contributed by atoms with Crippen LogP contribution >= 0.6 is 15.9 Å². The normalized spacial score (nSPS) is 20.9. The van der Waals surface area contributed by atoms with Gasteiger partial charge in [-0.25, -0.2) is 4.79 Å². The molecule has 2 N–H and O–H groups in total. The van der Waals surface area contributed by atoms with Gasteiger partial charge in [0.2, 0.25) is 0 Å². The summed E-state index contributed by atoms with van der Waals surface area (Å²) in [4.78, 5) is 14.9. The van der Waals surface area contributed by atoms with E-state index in [1.54, 1.807) is 0 Å². The number of aromatic nitrogens is 2. The van der Waals surface area contributed by atoms with Crippen LogP contribution in [-0.4, -0.2) is 22.6 Å². The molecule has 1 aromatic carbocycles. The van der Waals surface area contributed by atoms with E-state index in [-0.39, 0.29) is 11.7 Å². The minimum absolute atomic E-state index is 0.00759. The summed E-state index contributed by atoms with van der Waals surface area (Å²) < 4.78 is 2.87. The minimum atomic E-state index is -0.00759. The molecule has 90 valence electrons. The molecule has 1 unspecified atom stereocenters. The molecule has 0 saturated carbocycles. The van der Waals surface area contributed by atoms with Crippen LogP contribution in [-0.2, 0) is 0 Å². The van der Waals surface area contributed by atoms with Crippen molar-refractivity contribution in [2.45, 2.75) is 18.9 Å². The monoisotopic (exact) mass is 295 g/mol. The summed E-state index contributed by atoms with van der Waals surface area (Å²) in [7, 11) is 0. The SMILES string of the molecule is O=c1[nH]c2cc(Br)ccc2n1C1CCCNC1. The van der Waals surface area contributed by atoms with E-state index in [1.165, 1.54) is 0 Å². The number of benzene rings is 1. The van der Waals surface area contributed by atoms with Gasteiger partial charge in [-0.1, -0.05) is 15.9 Å². The third kappa shape index (κ3) is 1.93. The predicted octanol–water partition coefficient (Wildman–Crippen LogP) is 2.02. The van der Waals surface area contributed by atoms with Crippen molar-refractivity contribution in [2.75, 3.05) is 13.1 Å². The van der Waals surface area contributed by atoms with Gasteiger partial charge in [0.15, 0.2) is 0 Å². The molecule has 0 bridgehead atoms. The summed E-state index contributed by atoms with van der Waals surface area (Å²) in [5.41, 5.74) is 1.88. The Kier molecular flexibility index (Phi) is 2.80. The Labute approximate surface area is 107 Å². The van der Waals surface area contributed by atoms with Crippen LogP contribution in [0.15, 0.2) is 27.5 Å². The zero-order chi connectivity index (χ0) is 11.8. The van der Waals surface area contributed by atoms with Gasteiger partial charge >= 0.3 is 5.69 Å². The number of hydrogen-bond acceptors (Lipinski definition) is 2. The first-order valence-electron chi connectivity index (χ1n) is 5.86. The van der Waals surface area contributed by atoms with Crippen molar-refractivity contribution in [3.05, 3.63) is 33.2 Å². The molecule has 2 aromatic rings. The number of rotatable bonds is 1. The molecule has 1 aliphatic rings. The van der Waals surface area contributed by atoms with Crippen molar-refractivity contribution < 1.29 is 0 Å². The number of piperidine rings is 1. The highest BCUT2D eigenvalue weighted by Gasteiger charge is 2.19. The van der Waals surface area contributed by atoms with Crippen LogP contribution < -0.4 is 11.0 Å². The quantitative estimate of drug-likeness (QED) is 0.846. The van der Waals surface area contributed by atoms with Crippen molar-refractivity contribution >= 4 is 27.0 Å². The molecule has 0 radical (unpaired) electrons. The van der Waals surface area contributed by atoms with E-state index in [1.807, 2.05) is 22.8 Å². The second-order valence-corrected chi connectivity index (χ2v) is 5.38. The first-order valence-corrected chi connectivity index (χ1v) is 6.65. The molecule has 5 heteroatoms. The lowest BCUT2D eigenvalue weighted by molar-refractivity contribution is 0.372. The summed E-state index contributed by atoms with van der Waals surface area (Å²) in [6.45, 7) is 1.93. The second kappa shape index (κ2) is 4.31. The van der Waals surface area contributed by atoms with Crippen LogP contribution in [0.25, 0.3) is 11.0 Å². The fourth-order valence-electron chi connectivity index (χ4n) is 2.52. The van der Waals surface area contributed by atoms with E-state index >= 15 is 0 Å². The van der Waals surface area contributed by atoms with E-state index in [0.717, 1.165) is 41.4 Å². The maximum absolute atomic E-state index is 12.0. The maximum atomic E-state index is 12.0. The fraction of sp³-hybridized carbons (Fsp3) is 0.417. The predicted molar refractivity (Wildman–Crippen MR) is 71.4 cm³/mol. The summed E-state index contributed by atoms with van der Waals surface area (Å²) >= 11 is 3.42. The minimum Gasteiger partial charge on any atom is -0.315 e. The van der Waals surface area contributed by atoms with Crippen LogP contribution in [0.2, 0.25) is 0 Å². The van der Waals surface area contributed by atoms with E-state index in [9.17, 15) is 4.79 Å². The highest BCUT2D eigenvalue weighted by atomic mass is 79.9. The Bertz CT molecular complexity index is 595. The summed E-state index contributed by atoms with van der Waals surface area (Å²) in [5.74, 6) is 0.